The molecule has 2 N–H and O–H groups in total. The molecule has 0 spiro atoms. The highest BCUT2D eigenvalue weighted by molar-refractivity contribution is 7.09. The van der Waals surface area contributed by atoms with E-state index < -0.39 is 0 Å². The van der Waals surface area contributed by atoms with E-state index in [9.17, 15) is 0 Å². The zero-order valence-electron chi connectivity index (χ0n) is 11.3. The molecule has 0 fully saturated rings. The molecule has 2 heterocycles. The van der Waals surface area contributed by atoms with Gasteiger partial charge in [-0.1, -0.05) is 18.0 Å². The summed E-state index contributed by atoms with van der Waals surface area (Å²) < 4.78 is 5.24. The summed E-state index contributed by atoms with van der Waals surface area (Å²) in [7, 11) is 0. The number of aryl methyl sites for hydroxylation is 2. The van der Waals surface area contributed by atoms with E-state index in [2.05, 4.69) is 15.1 Å². The Kier molecular flexibility index (Phi) is 5.47. The topological polar surface area (TPSA) is 77.8 Å². The van der Waals surface area contributed by atoms with Crippen molar-refractivity contribution in [2.75, 3.05) is 6.54 Å². The van der Waals surface area contributed by atoms with Crippen LogP contribution in [0.2, 0.25) is 0 Å². The Morgan fingerprint density at radius 3 is 2.79 bits per heavy atom. The van der Waals surface area contributed by atoms with Crippen molar-refractivity contribution in [2.24, 2.45) is 5.73 Å². The molecule has 104 valence electrons. The highest BCUT2D eigenvalue weighted by Crippen LogP contribution is 2.12. The van der Waals surface area contributed by atoms with Crippen LogP contribution in [0.25, 0.3) is 0 Å². The van der Waals surface area contributed by atoms with Crippen molar-refractivity contribution in [3.8, 4) is 0 Å². The average Bonchev–Trinajstić information content (AvgIpc) is 2.99. The Morgan fingerprint density at radius 2 is 2.05 bits per heavy atom. The van der Waals surface area contributed by atoms with Gasteiger partial charge in [-0.05, 0) is 26.3 Å². The zero-order valence-corrected chi connectivity index (χ0v) is 12.1. The van der Waals surface area contributed by atoms with E-state index in [0.717, 1.165) is 48.2 Å². The molecule has 0 radical (unpaired) electrons. The number of hydrogen-bond acceptors (Lipinski definition) is 6. The van der Waals surface area contributed by atoms with Gasteiger partial charge in [0.05, 0.1) is 17.1 Å². The first-order valence-corrected chi connectivity index (χ1v) is 7.58. The first kappa shape index (κ1) is 14.1. The van der Waals surface area contributed by atoms with Crippen LogP contribution >= 0.6 is 11.3 Å². The van der Waals surface area contributed by atoms with Crippen molar-refractivity contribution >= 4 is 11.3 Å². The van der Waals surface area contributed by atoms with E-state index in [0.29, 0.717) is 6.42 Å². The maximum Gasteiger partial charge on any atom is 0.226 e. The van der Waals surface area contributed by atoms with Crippen molar-refractivity contribution in [3.05, 3.63) is 27.8 Å². The molecule has 0 amide bonds. The van der Waals surface area contributed by atoms with Crippen molar-refractivity contribution in [1.29, 1.82) is 0 Å². The van der Waals surface area contributed by atoms with Gasteiger partial charge >= 0.3 is 0 Å². The normalized spacial score (nSPS) is 11.1. The SMILES string of the molecule is Cc1nc(Cc2noc(CCCCCCN)n2)cs1. The first-order chi connectivity index (χ1) is 9.28. The van der Waals surface area contributed by atoms with Crippen molar-refractivity contribution < 1.29 is 4.52 Å². The molecule has 0 aliphatic rings. The smallest absolute Gasteiger partial charge is 0.226 e. The summed E-state index contributed by atoms with van der Waals surface area (Å²) in [6.45, 7) is 2.77. The Labute approximate surface area is 117 Å². The molecule has 0 saturated carbocycles. The van der Waals surface area contributed by atoms with E-state index >= 15 is 0 Å². The minimum absolute atomic E-state index is 0.654. The largest absolute Gasteiger partial charge is 0.339 e. The van der Waals surface area contributed by atoms with E-state index in [4.69, 9.17) is 10.3 Å². The maximum atomic E-state index is 5.45. The van der Waals surface area contributed by atoms with Crippen LogP contribution in [-0.4, -0.2) is 21.7 Å². The van der Waals surface area contributed by atoms with Gasteiger partial charge in [-0.25, -0.2) is 4.98 Å². The average molecular weight is 280 g/mol. The van der Waals surface area contributed by atoms with Gasteiger partial charge in [0.25, 0.3) is 0 Å². The first-order valence-electron chi connectivity index (χ1n) is 6.70. The predicted octanol–water partition coefficient (Wildman–Crippen LogP) is 2.49. The van der Waals surface area contributed by atoms with Gasteiger partial charge in [-0.3, -0.25) is 0 Å². The molecular weight excluding hydrogens is 260 g/mol. The molecule has 0 aliphatic heterocycles. The number of hydrogen-bond donors (Lipinski definition) is 1. The number of unbranched alkanes of at least 4 members (excludes halogenated alkanes) is 3. The Balaban J connectivity index is 1.75. The number of thiazole rings is 1. The molecule has 0 unspecified atom stereocenters. The van der Waals surface area contributed by atoms with E-state index in [1.54, 1.807) is 11.3 Å². The minimum atomic E-state index is 0.654. The van der Waals surface area contributed by atoms with Gasteiger partial charge in [0.15, 0.2) is 5.82 Å². The lowest BCUT2D eigenvalue weighted by molar-refractivity contribution is 0.369. The van der Waals surface area contributed by atoms with Crippen molar-refractivity contribution in [1.82, 2.24) is 15.1 Å². The molecule has 2 rings (SSSR count). The number of nitrogens with zero attached hydrogens (tertiary/aromatic N) is 3. The van der Waals surface area contributed by atoms with Gasteiger partial charge in [0.1, 0.15) is 0 Å². The van der Waals surface area contributed by atoms with Crippen LogP contribution in [0.4, 0.5) is 0 Å². The van der Waals surface area contributed by atoms with Gasteiger partial charge in [0, 0.05) is 11.8 Å². The van der Waals surface area contributed by atoms with Gasteiger partial charge in [0.2, 0.25) is 5.89 Å². The lowest BCUT2D eigenvalue weighted by atomic mass is 10.1. The highest BCUT2D eigenvalue weighted by Gasteiger charge is 2.08. The van der Waals surface area contributed by atoms with Crippen molar-refractivity contribution in [2.45, 2.75) is 45.4 Å². The summed E-state index contributed by atoms with van der Waals surface area (Å²) in [6, 6.07) is 0. The minimum Gasteiger partial charge on any atom is -0.339 e. The van der Waals surface area contributed by atoms with Crippen LogP contribution in [0.5, 0.6) is 0 Å². The summed E-state index contributed by atoms with van der Waals surface area (Å²) in [5.74, 6) is 1.46. The molecule has 0 aliphatic carbocycles. The van der Waals surface area contributed by atoms with Gasteiger partial charge < -0.3 is 10.3 Å². The second kappa shape index (κ2) is 7.35. The van der Waals surface area contributed by atoms with Gasteiger partial charge in [-0.15, -0.1) is 11.3 Å². The van der Waals surface area contributed by atoms with Crippen LogP contribution in [-0.2, 0) is 12.8 Å². The Morgan fingerprint density at radius 1 is 1.21 bits per heavy atom. The fourth-order valence-corrected chi connectivity index (χ4v) is 2.50. The summed E-state index contributed by atoms with van der Waals surface area (Å²) in [4.78, 5) is 8.79. The Bertz CT molecular complexity index is 494. The summed E-state index contributed by atoms with van der Waals surface area (Å²) >= 11 is 1.64. The third-order valence-corrected chi connectivity index (χ3v) is 3.68. The lowest BCUT2D eigenvalue weighted by Crippen LogP contribution is -1.98. The summed E-state index contributed by atoms with van der Waals surface area (Å²) in [6.07, 6.45) is 6.03. The number of rotatable bonds is 8. The maximum absolute atomic E-state index is 5.45. The van der Waals surface area contributed by atoms with Crippen LogP contribution in [0.15, 0.2) is 9.90 Å². The molecule has 0 atom stereocenters. The molecule has 0 bridgehead atoms. The quantitative estimate of drug-likeness (QED) is 0.752. The molecule has 2 aromatic rings. The van der Waals surface area contributed by atoms with E-state index in [1.165, 1.54) is 12.8 Å². The molecule has 0 aromatic carbocycles. The third-order valence-electron chi connectivity index (χ3n) is 2.86. The monoisotopic (exact) mass is 280 g/mol. The third kappa shape index (κ3) is 4.72. The summed E-state index contributed by atoms with van der Waals surface area (Å²) in [5.41, 5.74) is 6.47. The highest BCUT2D eigenvalue weighted by atomic mass is 32.1. The molecule has 2 aromatic heterocycles. The molecule has 5 nitrogen and oxygen atoms in total. The second-order valence-corrected chi connectivity index (χ2v) is 5.65. The fraction of sp³-hybridized carbons (Fsp3) is 0.615. The fourth-order valence-electron chi connectivity index (χ4n) is 1.89. The number of aromatic nitrogens is 3. The van der Waals surface area contributed by atoms with Crippen LogP contribution in [0.3, 0.4) is 0 Å². The zero-order chi connectivity index (χ0) is 13.5. The number of nitrogens with two attached hydrogens (primary N) is 1. The van der Waals surface area contributed by atoms with Crippen LogP contribution in [0, 0.1) is 6.92 Å². The van der Waals surface area contributed by atoms with E-state index in [1.807, 2.05) is 12.3 Å². The molecule has 19 heavy (non-hydrogen) atoms. The molecule has 0 saturated heterocycles. The Hall–Kier alpha value is -1.27. The summed E-state index contributed by atoms with van der Waals surface area (Å²) in [5, 5.41) is 7.10. The lowest BCUT2D eigenvalue weighted by Gasteiger charge is -1.96. The predicted molar refractivity (Wildman–Crippen MR) is 75.2 cm³/mol. The van der Waals surface area contributed by atoms with Crippen molar-refractivity contribution in [3.63, 3.8) is 0 Å². The van der Waals surface area contributed by atoms with Gasteiger partial charge in [-0.2, -0.15) is 4.98 Å². The van der Waals surface area contributed by atoms with Crippen LogP contribution < -0.4 is 5.73 Å². The van der Waals surface area contributed by atoms with Crippen LogP contribution in [0.1, 0.15) is 48.1 Å². The second-order valence-electron chi connectivity index (χ2n) is 4.59. The molecule has 6 heteroatoms. The van der Waals surface area contributed by atoms with E-state index in [-0.39, 0.29) is 0 Å². The standard InChI is InChI=1S/C13H20N4OS/c1-10-15-11(9-19-10)8-12-16-13(18-17-12)6-4-2-3-5-7-14/h9H,2-8,14H2,1H3. The molecular formula is C13H20N4OS.